The number of fused-ring (bicyclic) bond motifs is 2. The number of nitrogens with zero attached hydrogens (tertiary/aromatic N) is 5. The Hall–Kier alpha value is -3.72. The summed E-state index contributed by atoms with van der Waals surface area (Å²) in [7, 11) is 0. The van der Waals surface area contributed by atoms with Gasteiger partial charge in [-0.25, -0.2) is 9.97 Å². The van der Waals surface area contributed by atoms with Crippen LogP contribution in [0.15, 0.2) is 54.9 Å². The van der Waals surface area contributed by atoms with Gasteiger partial charge in [0, 0.05) is 13.1 Å². The van der Waals surface area contributed by atoms with Crippen molar-refractivity contribution in [2.24, 2.45) is 0 Å². The van der Waals surface area contributed by atoms with Crippen molar-refractivity contribution in [2.75, 3.05) is 11.4 Å². The molecule has 0 bridgehead atoms. The van der Waals surface area contributed by atoms with Crippen molar-refractivity contribution in [2.45, 2.75) is 13.0 Å². The fraction of sp³-hybridized carbons (Fsp3) is 0.143. The summed E-state index contributed by atoms with van der Waals surface area (Å²) in [5.41, 5.74) is 5.67. The van der Waals surface area contributed by atoms with Crippen molar-refractivity contribution in [1.29, 1.82) is 5.26 Å². The van der Waals surface area contributed by atoms with Gasteiger partial charge < -0.3 is 9.88 Å². The number of imidazole rings is 1. The number of benzene rings is 2. The Bertz CT molecular complexity index is 1190. The molecule has 27 heavy (non-hydrogen) atoms. The van der Waals surface area contributed by atoms with Gasteiger partial charge in [0.25, 0.3) is 0 Å². The molecule has 0 saturated heterocycles. The summed E-state index contributed by atoms with van der Waals surface area (Å²) in [4.78, 5) is 19.3. The number of anilines is 1. The average molecular weight is 352 g/mol. The van der Waals surface area contributed by atoms with Crippen LogP contribution in [0.5, 0.6) is 0 Å². The second-order valence-electron chi connectivity index (χ2n) is 6.63. The van der Waals surface area contributed by atoms with Crippen LogP contribution < -0.4 is 4.90 Å². The third kappa shape index (κ3) is 2.79. The molecule has 5 rings (SSSR count). The maximum absolute atomic E-state index is 9.06. The highest BCUT2D eigenvalue weighted by atomic mass is 15.2. The fourth-order valence-corrected chi connectivity index (χ4v) is 3.51. The number of H-pyrrole nitrogens is 1. The Labute approximate surface area is 156 Å². The second kappa shape index (κ2) is 6.22. The van der Waals surface area contributed by atoms with E-state index in [2.05, 4.69) is 50.2 Å². The number of rotatable bonds is 2. The van der Waals surface area contributed by atoms with Gasteiger partial charge in [0.1, 0.15) is 11.5 Å². The number of aromatic nitrogens is 4. The molecule has 0 aliphatic carbocycles. The van der Waals surface area contributed by atoms with Crippen LogP contribution in [-0.2, 0) is 13.0 Å². The van der Waals surface area contributed by atoms with E-state index in [0.717, 1.165) is 36.4 Å². The molecule has 1 aliphatic heterocycles. The minimum atomic E-state index is 0.601. The summed E-state index contributed by atoms with van der Waals surface area (Å²) in [6.45, 7) is 1.75. The third-order valence-corrected chi connectivity index (χ3v) is 4.93. The molecule has 2 aromatic heterocycles. The largest absolute Gasteiger partial charge is 0.351 e. The molecule has 0 atom stereocenters. The SMILES string of the molecule is N#Cc1ccc2nc(-c3cncc(N4CCc5ccccc5C4)n3)[nH]c2c1. The summed E-state index contributed by atoms with van der Waals surface area (Å²) in [6, 6.07) is 16.1. The Morgan fingerprint density at radius 2 is 1.93 bits per heavy atom. The Kier molecular flexibility index (Phi) is 3.58. The monoisotopic (exact) mass is 352 g/mol. The van der Waals surface area contributed by atoms with Crippen molar-refractivity contribution in [3.05, 3.63) is 71.5 Å². The van der Waals surface area contributed by atoms with Gasteiger partial charge in [0.2, 0.25) is 0 Å². The van der Waals surface area contributed by atoms with Crippen LogP contribution in [0.25, 0.3) is 22.6 Å². The molecule has 3 heterocycles. The van der Waals surface area contributed by atoms with Gasteiger partial charge in [-0.2, -0.15) is 5.26 Å². The molecule has 4 aromatic rings. The number of aromatic amines is 1. The van der Waals surface area contributed by atoms with E-state index < -0.39 is 0 Å². The van der Waals surface area contributed by atoms with Crippen molar-refractivity contribution >= 4 is 16.9 Å². The molecular weight excluding hydrogens is 336 g/mol. The maximum Gasteiger partial charge on any atom is 0.158 e. The van der Waals surface area contributed by atoms with Crippen LogP contribution in [-0.4, -0.2) is 26.5 Å². The molecule has 0 spiro atoms. The molecule has 0 unspecified atom stereocenters. The molecule has 1 aliphatic rings. The maximum atomic E-state index is 9.06. The van der Waals surface area contributed by atoms with Crippen LogP contribution in [0.4, 0.5) is 5.82 Å². The zero-order chi connectivity index (χ0) is 18.2. The Morgan fingerprint density at radius 1 is 1.04 bits per heavy atom. The van der Waals surface area contributed by atoms with E-state index in [9.17, 15) is 0 Å². The highest BCUT2D eigenvalue weighted by Gasteiger charge is 2.18. The number of hydrogen-bond donors (Lipinski definition) is 1. The van der Waals surface area contributed by atoms with E-state index in [-0.39, 0.29) is 0 Å². The molecule has 130 valence electrons. The van der Waals surface area contributed by atoms with Crippen LogP contribution in [0, 0.1) is 11.3 Å². The molecule has 1 N–H and O–H groups in total. The van der Waals surface area contributed by atoms with Crippen molar-refractivity contribution in [1.82, 2.24) is 19.9 Å². The van der Waals surface area contributed by atoms with Crippen LogP contribution >= 0.6 is 0 Å². The van der Waals surface area contributed by atoms with Gasteiger partial charge in [-0.05, 0) is 35.7 Å². The van der Waals surface area contributed by atoms with Gasteiger partial charge in [0.15, 0.2) is 5.82 Å². The van der Waals surface area contributed by atoms with E-state index in [0.29, 0.717) is 17.1 Å². The highest BCUT2D eigenvalue weighted by molar-refractivity contribution is 5.80. The molecular formula is C21H16N6. The molecule has 2 aromatic carbocycles. The molecule has 6 heteroatoms. The predicted molar refractivity (Wildman–Crippen MR) is 103 cm³/mol. The third-order valence-electron chi connectivity index (χ3n) is 4.93. The van der Waals surface area contributed by atoms with E-state index in [1.165, 1.54) is 11.1 Å². The summed E-state index contributed by atoms with van der Waals surface area (Å²) < 4.78 is 0. The molecule has 0 saturated carbocycles. The van der Waals surface area contributed by atoms with Crippen molar-refractivity contribution in [3.63, 3.8) is 0 Å². The predicted octanol–water partition coefficient (Wildman–Crippen LogP) is 3.45. The summed E-state index contributed by atoms with van der Waals surface area (Å²) in [5.74, 6) is 1.51. The average Bonchev–Trinajstić information content (AvgIpc) is 3.17. The quantitative estimate of drug-likeness (QED) is 0.597. The Morgan fingerprint density at radius 3 is 2.81 bits per heavy atom. The summed E-state index contributed by atoms with van der Waals surface area (Å²) in [5, 5.41) is 9.06. The lowest BCUT2D eigenvalue weighted by Crippen LogP contribution is -2.31. The fourth-order valence-electron chi connectivity index (χ4n) is 3.51. The topological polar surface area (TPSA) is 81.5 Å². The first-order valence-electron chi connectivity index (χ1n) is 8.84. The molecule has 6 nitrogen and oxygen atoms in total. The molecule has 0 fully saturated rings. The lowest BCUT2D eigenvalue weighted by atomic mass is 10.0. The first kappa shape index (κ1) is 15.5. The first-order chi connectivity index (χ1) is 13.3. The lowest BCUT2D eigenvalue weighted by Gasteiger charge is -2.29. The normalized spacial score (nSPS) is 13.4. The number of nitrogens with one attached hydrogen (secondary N) is 1. The zero-order valence-electron chi connectivity index (χ0n) is 14.6. The minimum Gasteiger partial charge on any atom is -0.351 e. The van der Waals surface area contributed by atoms with Crippen LogP contribution in [0.2, 0.25) is 0 Å². The van der Waals surface area contributed by atoms with Gasteiger partial charge in [-0.15, -0.1) is 0 Å². The van der Waals surface area contributed by atoms with E-state index in [4.69, 9.17) is 10.2 Å². The van der Waals surface area contributed by atoms with Crippen molar-refractivity contribution < 1.29 is 0 Å². The van der Waals surface area contributed by atoms with Gasteiger partial charge in [-0.3, -0.25) is 4.98 Å². The summed E-state index contributed by atoms with van der Waals surface area (Å²) in [6.07, 6.45) is 4.52. The van der Waals surface area contributed by atoms with Crippen LogP contribution in [0.1, 0.15) is 16.7 Å². The highest BCUT2D eigenvalue weighted by Crippen LogP contribution is 2.25. The van der Waals surface area contributed by atoms with Gasteiger partial charge >= 0.3 is 0 Å². The Balaban J connectivity index is 1.48. The smallest absolute Gasteiger partial charge is 0.158 e. The standard InChI is InChI=1S/C21H16N6/c22-10-14-5-6-17-18(9-14)26-21(25-17)19-11-23-12-20(24-19)27-8-7-15-3-1-2-4-16(15)13-27/h1-6,9,11-12H,7-8,13H2,(H,25,26). The number of nitriles is 1. The van der Waals surface area contributed by atoms with Crippen LogP contribution in [0.3, 0.4) is 0 Å². The first-order valence-corrected chi connectivity index (χ1v) is 8.84. The van der Waals surface area contributed by atoms with E-state index >= 15 is 0 Å². The van der Waals surface area contributed by atoms with Gasteiger partial charge in [-0.1, -0.05) is 24.3 Å². The summed E-state index contributed by atoms with van der Waals surface area (Å²) >= 11 is 0. The van der Waals surface area contributed by atoms with Gasteiger partial charge in [0.05, 0.1) is 35.1 Å². The zero-order valence-corrected chi connectivity index (χ0v) is 14.6. The van der Waals surface area contributed by atoms with E-state index in [1.807, 2.05) is 6.07 Å². The minimum absolute atomic E-state index is 0.601. The van der Waals surface area contributed by atoms with E-state index in [1.54, 1.807) is 24.5 Å². The lowest BCUT2D eigenvalue weighted by molar-refractivity contribution is 0.719. The second-order valence-corrected chi connectivity index (χ2v) is 6.63. The molecule has 0 radical (unpaired) electrons. The molecule has 0 amide bonds. The number of hydrogen-bond acceptors (Lipinski definition) is 5. The van der Waals surface area contributed by atoms with Crippen molar-refractivity contribution in [3.8, 4) is 17.6 Å².